The SMILES string of the molecule is CCCc1ccc(C(=O)NC2(CN)CCCC2)cc1. The van der Waals surface area contributed by atoms with Crippen molar-refractivity contribution in [2.75, 3.05) is 6.54 Å². The van der Waals surface area contributed by atoms with Crippen molar-refractivity contribution in [1.82, 2.24) is 5.32 Å². The van der Waals surface area contributed by atoms with E-state index >= 15 is 0 Å². The van der Waals surface area contributed by atoms with E-state index in [-0.39, 0.29) is 11.4 Å². The number of amides is 1. The first kappa shape index (κ1) is 14.1. The fraction of sp³-hybridized carbons (Fsp3) is 0.562. The summed E-state index contributed by atoms with van der Waals surface area (Å²) in [5.74, 6) is 0.00963. The van der Waals surface area contributed by atoms with Gasteiger partial charge in [0.25, 0.3) is 5.91 Å². The molecule has 0 spiro atoms. The Labute approximate surface area is 115 Å². The van der Waals surface area contributed by atoms with Gasteiger partial charge in [-0.3, -0.25) is 4.79 Å². The number of carbonyl (C=O) groups is 1. The van der Waals surface area contributed by atoms with Crippen LogP contribution in [0.4, 0.5) is 0 Å². The van der Waals surface area contributed by atoms with Crippen LogP contribution in [0.5, 0.6) is 0 Å². The monoisotopic (exact) mass is 260 g/mol. The van der Waals surface area contributed by atoms with Crippen LogP contribution < -0.4 is 11.1 Å². The fourth-order valence-corrected chi connectivity index (χ4v) is 2.86. The summed E-state index contributed by atoms with van der Waals surface area (Å²) in [4.78, 5) is 12.3. The van der Waals surface area contributed by atoms with E-state index in [0.717, 1.165) is 44.1 Å². The van der Waals surface area contributed by atoms with Crippen LogP contribution in [0, 0.1) is 0 Å². The summed E-state index contributed by atoms with van der Waals surface area (Å²) < 4.78 is 0. The molecule has 1 aromatic carbocycles. The topological polar surface area (TPSA) is 55.1 Å². The molecule has 1 saturated carbocycles. The number of carbonyl (C=O) groups excluding carboxylic acids is 1. The lowest BCUT2D eigenvalue weighted by atomic mass is 9.97. The van der Waals surface area contributed by atoms with E-state index < -0.39 is 0 Å². The van der Waals surface area contributed by atoms with Gasteiger partial charge in [-0.15, -0.1) is 0 Å². The number of hydrogen-bond acceptors (Lipinski definition) is 2. The molecule has 0 heterocycles. The average molecular weight is 260 g/mol. The van der Waals surface area contributed by atoms with Crippen LogP contribution >= 0.6 is 0 Å². The van der Waals surface area contributed by atoms with E-state index in [1.807, 2.05) is 24.3 Å². The Hall–Kier alpha value is -1.35. The lowest BCUT2D eigenvalue weighted by Gasteiger charge is -2.28. The molecule has 19 heavy (non-hydrogen) atoms. The Morgan fingerprint density at radius 2 is 1.89 bits per heavy atom. The van der Waals surface area contributed by atoms with Crippen molar-refractivity contribution >= 4 is 5.91 Å². The van der Waals surface area contributed by atoms with Crippen LogP contribution in [0.1, 0.15) is 54.9 Å². The van der Waals surface area contributed by atoms with Crippen LogP contribution in [0.2, 0.25) is 0 Å². The molecule has 3 N–H and O–H groups in total. The fourth-order valence-electron chi connectivity index (χ4n) is 2.86. The molecule has 1 amide bonds. The Morgan fingerprint density at radius 1 is 1.26 bits per heavy atom. The summed E-state index contributed by atoms with van der Waals surface area (Å²) in [5, 5.41) is 3.15. The molecular formula is C16H24N2O. The van der Waals surface area contributed by atoms with E-state index in [1.54, 1.807) is 0 Å². The molecule has 0 bridgehead atoms. The minimum atomic E-state index is -0.167. The van der Waals surface area contributed by atoms with Crippen molar-refractivity contribution in [3.8, 4) is 0 Å². The molecule has 0 saturated heterocycles. The maximum absolute atomic E-state index is 12.3. The molecule has 0 atom stereocenters. The maximum atomic E-state index is 12.3. The van der Waals surface area contributed by atoms with Crippen LogP contribution in [-0.4, -0.2) is 18.0 Å². The Morgan fingerprint density at radius 3 is 2.42 bits per heavy atom. The summed E-state index contributed by atoms with van der Waals surface area (Å²) in [6.45, 7) is 2.69. The van der Waals surface area contributed by atoms with Gasteiger partial charge >= 0.3 is 0 Å². The standard InChI is InChI=1S/C16H24N2O/c1-2-5-13-6-8-14(9-7-13)15(19)18-16(12-17)10-3-4-11-16/h6-9H,2-5,10-12,17H2,1H3,(H,18,19). The highest BCUT2D eigenvalue weighted by Gasteiger charge is 2.33. The average Bonchev–Trinajstić information content (AvgIpc) is 2.89. The van der Waals surface area contributed by atoms with Gasteiger partial charge in [0, 0.05) is 12.1 Å². The number of nitrogens with two attached hydrogens (primary N) is 1. The third-order valence-electron chi connectivity index (χ3n) is 4.08. The molecule has 1 aliphatic carbocycles. The van der Waals surface area contributed by atoms with Crippen LogP contribution in [0.25, 0.3) is 0 Å². The van der Waals surface area contributed by atoms with Gasteiger partial charge in [-0.1, -0.05) is 38.3 Å². The first-order valence-electron chi connectivity index (χ1n) is 7.31. The van der Waals surface area contributed by atoms with E-state index in [1.165, 1.54) is 5.56 Å². The van der Waals surface area contributed by atoms with Gasteiger partial charge in [0.05, 0.1) is 5.54 Å². The van der Waals surface area contributed by atoms with Crippen molar-refractivity contribution in [2.24, 2.45) is 5.73 Å². The van der Waals surface area contributed by atoms with Crippen molar-refractivity contribution in [2.45, 2.75) is 51.0 Å². The van der Waals surface area contributed by atoms with Gasteiger partial charge in [-0.05, 0) is 37.0 Å². The molecule has 1 aliphatic rings. The van der Waals surface area contributed by atoms with Crippen LogP contribution in [0.15, 0.2) is 24.3 Å². The lowest BCUT2D eigenvalue weighted by Crippen LogP contribution is -2.51. The van der Waals surface area contributed by atoms with Crippen molar-refractivity contribution in [3.05, 3.63) is 35.4 Å². The molecular weight excluding hydrogens is 236 g/mol. The highest BCUT2D eigenvalue weighted by Crippen LogP contribution is 2.28. The molecule has 3 nitrogen and oxygen atoms in total. The summed E-state index contributed by atoms with van der Waals surface area (Å²) in [7, 11) is 0. The van der Waals surface area contributed by atoms with Gasteiger partial charge in [0.15, 0.2) is 0 Å². The zero-order valence-electron chi connectivity index (χ0n) is 11.7. The normalized spacial score (nSPS) is 17.4. The second-order valence-corrected chi connectivity index (χ2v) is 5.59. The molecule has 1 aromatic rings. The lowest BCUT2D eigenvalue weighted by molar-refractivity contribution is 0.0903. The van der Waals surface area contributed by atoms with Crippen LogP contribution in [0.3, 0.4) is 0 Å². The molecule has 0 unspecified atom stereocenters. The third-order valence-corrected chi connectivity index (χ3v) is 4.08. The predicted octanol–water partition coefficient (Wildman–Crippen LogP) is 2.64. The van der Waals surface area contributed by atoms with Crippen LogP contribution in [-0.2, 0) is 6.42 Å². The van der Waals surface area contributed by atoms with E-state index in [9.17, 15) is 4.79 Å². The quantitative estimate of drug-likeness (QED) is 0.855. The summed E-state index contributed by atoms with van der Waals surface area (Å²) in [6.07, 6.45) is 6.52. The van der Waals surface area contributed by atoms with E-state index in [2.05, 4.69) is 12.2 Å². The van der Waals surface area contributed by atoms with Crippen molar-refractivity contribution in [3.63, 3.8) is 0 Å². The first-order chi connectivity index (χ1) is 9.19. The zero-order chi connectivity index (χ0) is 13.7. The zero-order valence-corrected chi connectivity index (χ0v) is 11.7. The molecule has 0 radical (unpaired) electrons. The Kier molecular flexibility index (Phi) is 4.59. The predicted molar refractivity (Wildman–Crippen MR) is 78.2 cm³/mol. The molecule has 0 aliphatic heterocycles. The molecule has 1 fully saturated rings. The molecule has 3 heteroatoms. The number of aryl methyl sites for hydroxylation is 1. The smallest absolute Gasteiger partial charge is 0.251 e. The van der Waals surface area contributed by atoms with Gasteiger partial charge in [0.1, 0.15) is 0 Å². The Balaban J connectivity index is 2.03. The number of benzene rings is 1. The number of hydrogen-bond donors (Lipinski definition) is 2. The van der Waals surface area contributed by atoms with Gasteiger partial charge < -0.3 is 11.1 Å². The van der Waals surface area contributed by atoms with Gasteiger partial charge in [-0.25, -0.2) is 0 Å². The summed E-state index contributed by atoms with van der Waals surface area (Å²) in [5.41, 5.74) is 7.70. The third kappa shape index (κ3) is 3.35. The van der Waals surface area contributed by atoms with E-state index in [4.69, 9.17) is 5.73 Å². The second kappa shape index (κ2) is 6.20. The highest BCUT2D eigenvalue weighted by atomic mass is 16.1. The minimum absolute atomic E-state index is 0.00963. The van der Waals surface area contributed by atoms with Crippen molar-refractivity contribution < 1.29 is 4.79 Å². The largest absolute Gasteiger partial charge is 0.345 e. The van der Waals surface area contributed by atoms with Gasteiger partial charge in [0.2, 0.25) is 0 Å². The van der Waals surface area contributed by atoms with E-state index in [0.29, 0.717) is 6.54 Å². The molecule has 0 aromatic heterocycles. The summed E-state index contributed by atoms with van der Waals surface area (Å²) in [6, 6.07) is 7.92. The number of nitrogens with one attached hydrogen (secondary N) is 1. The Bertz CT molecular complexity index is 419. The number of rotatable bonds is 5. The minimum Gasteiger partial charge on any atom is -0.345 e. The highest BCUT2D eigenvalue weighted by molar-refractivity contribution is 5.94. The van der Waals surface area contributed by atoms with Crippen molar-refractivity contribution in [1.29, 1.82) is 0 Å². The second-order valence-electron chi connectivity index (χ2n) is 5.59. The van der Waals surface area contributed by atoms with Gasteiger partial charge in [-0.2, -0.15) is 0 Å². The maximum Gasteiger partial charge on any atom is 0.251 e. The summed E-state index contributed by atoms with van der Waals surface area (Å²) >= 11 is 0. The molecule has 2 rings (SSSR count). The molecule has 104 valence electrons. The first-order valence-corrected chi connectivity index (χ1v) is 7.31.